The lowest BCUT2D eigenvalue weighted by Crippen LogP contribution is -2.33. The minimum atomic E-state index is -0.323. The van der Waals surface area contributed by atoms with E-state index in [2.05, 4.69) is 169 Å². The highest BCUT2D eigenvalue weighted by molar-refractivity contribution is 7.25. The Morgan fingerprint density at radius 2 is 1.12 bits per heavy atom. The summed E-state index contributed by atoms with van der Waals surface area (Å²) < 4.78 is 9.32. The van der Waals surface area contributed by atoms with Crippen LogP contribution in [0.15, 0.2) is 209 Å². The molecule has 1 N–H and O–H groups in total. The number of rotatable bonds is 5. The molecule has 1 unspecified atom stereocenters. The SMILES string of the molecule is N#Cc1ccc(-c2ccc(-c3ccc4c5ccc(C6=NC(c7ccccc7)NC(c7ccc8c(c7)sc7ccccc78)=N6)cc5c5oc6ccccc6c5c4c3)cc2)c2ccccc12. The number of fused-ring (bicyclic) bond motifs is 12. The van der Waals surface area contributed by atoms with E-state index in [1.54, 1.807) is 0 Å². The van der Waals surface area contributed by atoms with Crippen LogP contribution in [0.4, 0.5) is 0 Å². The third-order valence-electron chi connectivity index (χ3n) is 12.8. The lowest BCUT2D eigenvalue weighted by atomic mass is 9.91. The van der Waals surface area contributed by atoms with Gasteiger partial charge in [-0.05, 0) is 85.8 Å². The molecule has 1 aliphatic heterocycles. The van der Waals surface area contributed by atoms with E-state index in [1.807, 2.05) is 47.7 Å². The minimum absolute atomic E-state index is 0.323. The summed E-state index contributed by atoms with van der Waals surface area (Å²) in [6.45, 7) is 0. The number of furan rings is 1. The topological polar surface area (TPSA) is 73.7 Å². The molecule has 0 aliphatic carbocycles. The van der Waals surface area contributed by atoms with Gasteiger partial charge in [0.05, 0.1) is 11.6 Å². The van der Waals surface area contributed by atoms with Gasteiger partial charge in [0.15, 0.2) is 5.84 Å². The molecular formula is C58H34N4OS. The molecule has 0 bridgehead atoms. The first kappa shape index (κ1) is 36.3. The molecule has 10 aromatic carbocycles. The lowest BCUT2D eigenvalue weighted by molar-refractivity contribution is 0.672. The number of benzene rings is 10. The number of amidine groups is 2. The standard InChI is InChI=1S/C58H34N4OS/c59-33-40-25-26-42(43-13-5-4-12-41(40)43)35-20-18-34(19-21-35)37-22-27-44-45-28-23-38(31-50(45)55-54(49(44)30-37)48-15-6-8-16-51(48)63-55)57-60-56(36-10-2-1-3-11-36)61-58(62-57)39-24-29-47-46-14-7-9-17-52(46)64-53(47)32-39/h1-32,56H,(H,60,61,62). The zero-order chi connectivity index (χ0) is 42.3. The monoisotopic (exact) mass is 834 g/mol. The summed E-state index contributed by atoms with van der Waals surface area (Å²) in [5, 5.41) is 24.6. The Morgan fingerprint density at radius 1 is 0.484 bits per heavy atom. The predicted octanol–water partition coefficient (Wildman–Crippen LogP) is 15.1. The van der Waals surface area contributed by atoms with Gasteiger partial charge in [0.25, 0.3) is 0 Å². The molecule has 0 saturated heterocycles. The number of hydrogen-bond donors (Lipinski definition) is 1. The van der Waals surface area contributed by atoms with Crippen molar-refractivity contribution in [3.8, 4) is 28.3 Å². The van der Waals surface area contributed by atoms with Crippen molar-refractivity contribution in [2.45, 2.75) is 6.17 Å². The number of nitrogens with zero attached hydrogens (tertiary/aromatic N) is 3. The Bertz CT molecular complexity index is 4000. The van der Waals surface area contributed by atoms with Crippen molar-refractivity contribution in [3.63, 3.8) is 0 Å². The maximum Gasteiger partial charge on any atom is 0.159 e. The third-order valence-corrected chi connectivity index (χ3v) is 13.9. The molecule has 3 heterocycles. The number of para-hydroxylation sites is 1. The van der Waals surface area contributed by atoms with E-state index in [1.165, 1.54) is 20.2 Å². The fraction of sp³-hybridized carbons (Fsp3) is 0.0172. The molecule has 298 valence electrons. The number of nitriles is 1. The zero-order valence-corrected chi connectivity index (χ0v) is 35.0. The van der Waals surface area contributed by atoms with E-state index in [0.717, 1.165) is 99.0 Å². The second kappa shape index (κ2) is 14.4. The highest BCUT2D eigenvalue weighted by Gasteiger charge is 2.23. The van der Waals surface area contributed by atoms with E-state index >= 15 is 0 Å². The van der Waals surface area contributed by atoms with Crippen molar-refractivity contribution < 1.29 is 4.42 Å². The molecule has 13 rings (SSSR count). The van der Waals surface area contributed by atoms with Crippen LogP contribution in [0.3, 0.4) is 0 Å². The average Bonchev–Trinajstić information content (AvgIpc) is 3.95. The van der Waals surface area contributed by atoms with Gasteiger partial charge in [0.1, 0.15) is 23.2 Å². The maximum atomic E-state index is 9.73. The van der Waals surface area contributed by atoms with Crippen LogP contribution in [0.25, 0.3) is 96.7 Å². The van der Waals surface area contributed by atoms with E-state index in [4.69, 9.17) is 14.4 Å². The molecular weight excluding hydrogens is 801 g/mol. The van der Waals surface area contributed by atoms with Gasteiger partial charge in [0.2, 0.25) is 0 Å². The van der Waals surface area contributed by atoms with Crippen LogP contribution in [-0.4, -0.2) is 11.7 Å². The fourth-order valence-corrected chi connectivity index (χ4v) is 10.8. The van der Waals surface area contributed by atoms with E-state index in [-0.39, 0.29) is 6.17 Å². The molecule has 6 heteroatoms. The molecule has 1 atom stereocenters. The normalized spacial score (nSPS) is 14.1. The average molecular weight is 835 g/mol. The van der Waals surface area contributed by atoms with Crippen molar-refractivity contribution in [1.29, 1.82) is 5.26 Å². The van der Waals surface area contributed by atoms with Crippen LogP contribution in [0.1, 0.15) is 28.4 Å². The number of aliphatic imine (C=N–C) groups is 2. The second-order valence-corrected chi connectivity index (χ2v) is 17.5. The van der Waals surface area contributed by atoms with Crippen LogP contribution >= 0.6 is 11.3 Å². The van der Waals surface area contributed by atoms with Crippen LogP contribution in [-0.2, 0) is 0 Å². The number of nitrogens with one attached hydrogen (secondary N) is 1. The summed E-state index contributed by atoms with van der Waals surface area (Å²) in [4.78, 5) is 10.5. The van der Waals surface area contributed by atoms with Crippen LogP contribution in [0.2, 0.25) is 0 Å². The van der Waals surface area contributed by atoms with Crippen molar-refractivity contribution in [2.75, 3.05) is 0 Å². The summed E-state index contributed by atoms with van der Waals surface area (Å²) in [5.74, 6) is 1.45. The smallest absolute Gasteiger partial charge is 0.159 e. The van der Waals surface area contributed by atoms with Crippen molar-refractivity contribution in [2.24, 2.45) is 9.98 Å². The number of hydrogen-bond acceptors (Lipinski definition) is 6. The Balaban J connectivity index is 0.945. The Morgan fingerprint density at radius 3 is 1.97 bits per heavy atom. The van der Waals surface area contributed by atoms with Crippen molar-refractivity contribution >= 4 is 97.4 Å². The van der Waals surface area contributed by atoms with Gasteiger partial charge >= 0.3 is 0 Å². The first-order valence-electron chi connectivity index (χ1n) is 21.4. The quantitative estimate of drug-likeness (QED) is 0.176. The van der Waals surface area contributed by atoms with Gasteiger partial charge < -0.3 is 9.73 Å². The zero-order valence-electron chi connectivity index (χ0n) is 34.2. The Hall–Kier alpha value is -8.37. The molecule has 12 aromatic rings. The van der Waals surface area contributed by atoms with Crippen molar-refractivity contribution in [3.05, 3.63) is 216 Å². The molecule has 0 fully saturated rings. The minimum Gasteiger partial charge on any atom is -0.455 e. The third kappa shape index (κ3) is 5.76. The van der Waals surface area contributed by atoms with Crippen molar-refractivity contribution in [1.82, 2.24) is 5.32 Å². The predicted molar refractivity (Wildman–Crippen MR) is 267 cm³/mol. The largest absolute Gasteiger partial charge is 0.455 e. The van der Waals surface area contributed by atoms with E-state index < -0.39 is 0 Å². The fourth-order valence-electron chi connectivity index (χ4n) is 9.67. The van der Waals surface area contributed by atoms with Gasteiger partial charge in [-0.1, -0.05) is 158 Å². The highest BCUT2D eigenvalue weighted by Crippen LogP contribution is 2.43. The summed E-state index contributed by atoms with van der Waals surface area (Å²) in [7, 11) is 0. The summed E-state index contributed by atoms with van der Waals surface area (Å²) in [5.41, 5.74) is 9.85. The van der Waals surface area contributed by atoms with Gasteiger partial charge in [0, 0.05) is 52.8 Å². The first-order chi connectivity index (χ1) is 31.6. The summed E-state index contributed by atoms with van der Waals surface area (Å²) in [6.07, 6.45) is -0.323. The lowest BCUT2D eigenvalue weighted by Gasteiger charge is -2.24. The van der Waals surface area contributed by atoms with Gasteiger partial charge in [-0.25, -0.2) is 9.98 Å². The van der Waals surface area contributed by atoms with Gasteiger partial charge in [-0.3, -0.25) is 0 Å². The summed E-state index contributed by atoms with van der Waals surface area (Å²) in [6, 6.07) is 70.5. The molecule has 0 radical (unpaired) electrons. The molecule has 64 heavy (non-hydrogen) atoms. The Labute approximate surface area is 371 Å². The van der Waals surface area contributed by atoms with E-state index in [0.29, 0.717) is 11.4 Å². The molecule has 5 nitrogen and oxygen atoms in total. The van der Waals surface area contributed by atoms with Gasteiger partial charge in [-0.15, -0.1) is 11.3 Å². The molecule has 0 saturated carbocycles. The molecule has 1 aliphatic rings. The van der Waals surface area contributed by atoms with Gasteiger partial charge in [-0.2, -0.15) is 5.26 Å². The second-order valence-electron chi connectivity index (χ2n) is 16.4. The molecule has 2 aromatic heterocycles. The van der Waals surface area contributed by atoms with Crippen LogP contribution in [0, 0.1) is 11.3 Å². The number of thiophene rings is 1. The molecule has 0 spiro atoms. The maximum absolute atomic E-state index is 9.73. The highest BCUT2D eigenvalue weighted by atomic mass is 32.1. The Kier molecular flexibility index (Phi) is 8.14. The molecule has 0 amide bonds. The van der Waals surface area contributed by atoms with E-state index in [9.17, 15) is 5.26 Å². The first-order valence-corrected chi connectivity index (χ1v) is 22.2. The van der Waals surface area contributed by atoms with Crippen LogP contribution in [0.5, 0.6) is 0 Å². The van der Waals surface area contributed by atoms with Crippen LogP contribution < -0.4 is 5.32 Å². The summed E-state index contributed by atoms with van der Waals surface area (Å²) >= 11 is 1.81.